The summed E-state index contributed by atoms with van der Waals surface area (Å²) >= 11 is 0. The Morgan fingerprint density at radius 1 is 1.17 bits per heavy atom. The molecular weight excluding hydrogens is 378 g/mol. The Hall–Kier alpha value is -3.61. The Labute approximate surface area is 175 Å². The third kappa shape index (κ3) is 3.54. The smallest absolute Gasteiger partial charge is 0.255 e. The fourth-order valence-electron chi connectivity index (χ4n) is 3.68. The van der Waals surface area contributed by atoms with Crippen LogP contribution in [0.15, 0.2) is 60.1 Å². The number of aryl methyl sites for hydroxylation is 1. The number of hydrogen-bond acceptors (Lipinski definition) is 5. The number of rotatable bonds is 5. The van der Waals surface area contributed by atoms with Gasteiger partial charge in [-0.05, 0) is 62.6 Å². The second-order valence-electron chi connectivity index (χ2n) is 7.30. The Balaban J connectivity index is 1.74. The zero-order valence-electron chi connectivity index (χ0n) is 17.6. The minimum Gasteiger partial charge on any atom is -0.494 e. The number of carbonyl (C=O) groups is 1. The van der Waals surface area contributed by atoms with Crippen LogP contribution in [0.2, 0.25) is 0 Å². The SMILES string of the molecule is CCOc1ccc(C2C(C(=O)Nc3cccc(C)c3C)=C(C)Nc3ncnn32)cc1. The molecule has 2 aromatic carbocycles. The number of ether oxygens (including phenoxy) is 1. The first-order chi connectivity index (χ1) is 14.5. The van der Waals surface area contributed by atoms with E-state index < -0.39 is 6.04 Å². The molecule has 0 saturated heterocycles. The van der Waals surface area contributed by atoms with Crippen LogP contribution in [-0.4, -0.2) is 27.3 Å². The quantitative estimate of drug-likeness (QED) is 0.667. The molecule has 0 fully saturated rings. The lowest BCUT2D eigenvalue weighted by Gasteiger charge is -2.29. The summed E-state index contributed by atoms with van der Waals surface area (Å²) in [5, 5.41) is 10.7. The topological polar surface area (TPSA) is 81.1 Å². The predicted octanol–water partition coefficient (Wildman–Crippen LogP) is 4.22. The summed E-state index contributed by atoms with van der Waals surface area (Å²) in [5.74, 6) is 1.22. The van der Waals surface area contributed by atoms with Gasteiger partial charge in [-0.1, -0.05) is 24.3 Å². The van der Waals surface area contributed by atoms with Gasteiger partial charge in [0.2, 0.25) is 5.95 Å². The molecule has 1 amide bonds. The van der Waals surface area contributed by atoms with E-state index >= 15 is 0 Å². The van der Waals surface area contributed by atoms with E-state index in [-0.39, 0.29) is 5.91 Å². The van der Waals surface area contributed by atoms with Gasteiger partial charge in [-0.25, -0.2) is 4.68 Å². The Morgan fingerprint density at radius 2 is 1.93 bits per heavy atom. The minimum atomic E-state index is -0.399. The molecule has 154 valence electrons. The van der Waals surface area contributed by atoms with Crippen molar-refractivity contribution in [3.63, 3.8) is 0 Å². The van der Waals surface area contributed by atoms with Crippen molar-refractivity contribution in [1.82, 2.24) is 14.8 Å². The maximum Gasteiger partial charge on any atom is 0.255 e. The van der Waals surface area contributed by atoms with E-state index in [2.05, 4.69) is 20.7 Å². The van der Waals surface area contributed by atoms with E-state index in [4.69, 9.17) is 4.74 Å². The number of fused-ring (bicyclic) bond motifs is 1. The molecule has 1 aliphatic heterocycles. The van der Waals surface area contributed by atoms with E-state index in [1.807, 2.05) is 70.2 Å². The fraction of sp³-hybridized carbons (Fsp3) is 0.261. The van der Waals surface area contributed by atoms with Crippen molar-refractivity contribution >= 4 is 17.5 Å². The second-order valence-corrected chi connectivity index (χ2v) is 7.30. The molecule has 0 saturated carbocycles. The summed E-state index contributed by atoms with van der Waals surface area (Å²) in [7, 11) is 0. The van der Waals surface area contributed by atoms with Gasteiger partial charge in [-0.15, -0.1) is 0 Å². The highest BCUT2D eigenvalue weighted by Crippen LogP contribution is 2.36. The molecule has 2 heterocycles. The monoisotopic (exact) mass is 403 g/mol. The Morgan fingerprint density at radius 3 is 2.67 bits per heavy atom. The summed E-state index contributed by atoms with van der Waals surface area (Å²) in [6.07, 6.45) is 1.49. The van der Waals surface area contributed by atoms with Gasteiger partial charge in [0, 0.05) is 11.4 Å². The molecule has 1 aromatic heterocycles. The molecule has 0 radical (unpaired) electrons. The molecule has 0 spiro atoms. The van der Waals surface area contributed by atoms with Crippen LogP contribution in [0.4, 0.5) is 11.6 Å². The highest BCUT2D eigenvalue weighted by Gasteiger charge is 2.33. The van der Waals surface area contributed by atoms with Crippen LogP contribution in [0, 0.1) is 13.8 Å². The normalized spacial score (nSPS) is 15.4. The van der Waals surface area contributed by atoms with Crippen LogP contribution in [0.3, 0.4) is 0 Å². The van der Waals surface area contributed by atoms with Gasteiger partial charge in [0.1, 0.15) is 18.1 Å². The van der Waals surface area contributed by atoms with Crippen LogP contribution in [0.1, 0.15) is 36.6 Å². The standard InChI is InChI=1S/C23H25N5O2/c1-5-30-18-11-9-17(10-12-18)21-20(16(4)26-23-24-13-25-28(21)23)22(29)27-19-8-6-7-14(2)15(19)3/h6-13,21H,5H2,1-4H3,(H,27,29)(H,24,25,26). The highest BCUT2D eigenvalue weighted by atomic mass is 16.5. The van der Waals surface area contributed by atoms with Crippen LogP contribution < -0.4 is 15.4 Å². The van der Waals surface area contributed by atoms with Gasteiger partial charge in [-0.2, -0.15) is 10.1 Å². The minimum absolute atomic E-state index is 0.172. The number of aromatic nitrogens is 3. The molecule has 30 heavy (non-hydrogen) atoms. The molecule has 7 heteroatoms. The van der Waals surface area contributed by atoms with E-state index in [0.29, 0.717) is 18.1 Å². The fourth-order valence-corrected chi connectivity index (χ4v) is 3.68. The number of anilines is 2. The molecule has 1 unspecified atom stereocenters. The first-order valence-corrected chi connectivity index (χ1v) is 9.97. The molecule has 4 rings (SSSR count). The number of carbonyl (C=O) groups excluding carboxylic acids is 1. The van der Waals surface area contributed by atoms with Gasteiger partial charge in [-0.3, -0.25) is 4.79 Å². The third-order valence-electron chi connectivity index (χ3n) is 5.40. The van der Waals surface area contributed by atoms with E-state index in [1.165, 1.54) is 6.33 Å². The van der Waals surface area contributed by atoms with E-state index in [1.54, 1.807) is 4.68 Å². The lowest BCUT2D eigenvalue weighted by Crippen LogP contribution is -2.31. The van der Waals surface area contributed by atoms with Crippen molar-refractivity contribution < 1.29 is 9.53 Å². The van der Waals surface area contributed by atoms with Crippen molar-refractivity contribution in [1.29, 1.82) is 0 Å². The summed E-state index contributed by atoms with van der Waals surface area (Å²) in [6.45, 7) is 8.47. The van der Waals surface area contributed by atoms with Crippen molar-refractivity contribution in [2.45, 2.75) is 33.7 Å². The average molecular weight is 403 g/mol. The molecule has 7 nitrogen and oxygen atoms in total. The number of benzene rings is 2. The first kappa shape index (κ1) is 19.7. The largest absolute Gasteiger partial charge is 0.494 e. The average Bonchev–Trinajstić information content (AvgIpc) is 3.19. The maximum absolute atomic E-state index is 13.4. The van der Waals surface area contributed by atoms with Gasteiger partial charge >= 0.3 is 0 Å². The lowest BCUT2D eigenvalue weighted by molar-refractivity contribution is -0.113. The molecule has 0 aliphatic carbocycles. The molecule has 2 N–H and O–H groups in total. The zero-order valence-corrected chi connectivity index (χ0v) is 17.6. The highest BCUT2D eigenvalue weighted by molar-refractivity contribution is 6.06. The van der Waals surface area contributed by atoms with Crippen LogP contribution in [0.25, 0.3) is 0 Å². The molecular formula is C23H25N5O2. The summed E-state index contributed by atoms with van der Waals surface area (Å²) in [6, 6.07) is 13.2. The van der Waals surface area contributed by atoms with Crippen molar-refractivity contribution in [3.8, 4) is 5.75 Å². The van der Waals surface area contributed by atoms with Gasteiger partial charge in [0.05, 0.1) is 12.2 Å². The first-order valence-electron chi connectivity index (χ1n) is 9.97. The van der Waals surface area contributed by atoms with E-state index in [0.717, 1.165) is 33.8 Å². The van der Waals surface area contributed by atoms with Gasteiger partial charge in [0.25, 0.3) is 5.91 Å². The predicted molar refractivity (Wildman–Crippen MR) is 117 cm³/mol. The lowest BCUT2D eigenvalue weighted by atomic mass is 9.94. The van der Waals surface area contributed by atoms with Crippen molar-refractivity contribution in [2.75, 3.05) is 17.2 Å². The molecule has 1 atom stereocenters. The van der Waals surface area contributed by atoms with Crippen molar-refractivity contribution in [3.05, 3.63) is 76.8 Å². The van der Waals surface area contributed by atoms with E-state index in [9.17, 15) is 4.79 Å². The van der Waals surface area contributed by atoms with Gasteiger partial charge in [0.15, 0.2) is 0 Å². The molecule has 1 aliphatic rings. The maximum atomic E-state index is 13.4. The van der Waals surface area contributed by atoms with Crippen LogP contribution in [-0.2, 0) is 4.79 Å². The third-order valence-corrected chi connectivity index (χ3v) is 5.40. The second kappa shape index (κ2) is 8.02. The Kier molecular flexibility index (Phi) is 5.27. The number of allylic oxidation sites excluding steroid dienone is 1. The number of amides is 1. The van der Waals surface area contributed by atoms with Crippen LogP contribution in [0.5, 0.6) is 5.75 Å². The number of nitrogens with zero attached hydrogens (tertiary/aromatic N) is 3. The summed E-state index contributed by atoms with van der Waals surface area (Å²) in [5.41, 5.74) is 5.25. The molecule has 0 bridgehead atoms. The van der Waals surface area contributed by atoms with Crippen molar-refractivity contribution in [2.24, 2.45) is 0 Å². The summed E-state index contributed by atoms with van der Waals surface area (Å²) < 4.78 is 7.30. The number of hydrogen-bond donors (Lipinski definition) is 2. The number of nitrogens with one attached hydrogen (secondary N) is 2. The summed E-state index contributed by atoms with van der Waals surface area (Å²) in [4.78, 5) is 17.7. The zero-order chi connectivity index (χ0) is 21.3. The molecule has 3 aromatic rings. The van der Waals surface area contributed by atoms with Gasteiger partial charge < -0.3 is 15.4 Å². The van der Waals surface area contributed by atoms with Crippen LogP contribution >= 0.6 is 0 Å². The Bertz CT molecular complexity index is 1110.